The predicted molar refractivity (Wildman–Crippen MR) is 89.0 cm³/mol. The fraction of sp³-hybridized carbons (Fsp3) is 0.188. The number of ether oxygens (including phenoxy) is 2. The van der Waals surface area contributed by atoms with E-state index < -0.39 is 11.9 Å². The summed E-state index contributed by atoms with van der Waals surface area (Å²) in [6.45, 7) is -0.0443. The molecule has 0 N–H and O–H groups in total. The van der Waals surface area contributed by atoms with E-state index in [2.05, 4.69) is 9.72 Å². The Morgan fingerprint density at radius 2 is 2.12 bits per heavy atom. The van der Waals surface area contributed by atoms with Crippen molar-refractivity contribution in [1.29, 1.82) is 0 Å². The molecule has 0 saturated heterocycles. The van der Waals surface area contributed by atoms with Gasteiger partial charge in [0, 0.05) is 16.3 Å². The van der Waals surface area contributed by atoms with Gasteiger partial charge in [-0.3, -0.25) is 4.79 Å². The van der Waals surface area contributed by atoms with Gasteiger partial charge in [0.1, 0.15) is 17.4 Å². The molecule has 0 radical (unpaired) electrons. The topological polar surface area (TPSA) is 78.6 Å². The zero-order valence-electron chi connectivity index (χ0n) is 12.7. The summed E-state index contributed by atoms with van der Waals surface area (Å²) in [6.07, 6.45) is 0.0885. The van der Waals surface area contributed by atoms with Crippen LogP contribution < -0.4 is 0 Å². The molecule has 124 valence electrons. The standard InChI is InChI=1S/C16H13NO5S2/c1-20-16(19)13-3-2-12(22-13)7-21-14(18)6-11-9-24-15(17-11)10-4-5-23-8-10/h2-5,8-9H,6-7H2,1H3. The van der Waals surface area contributed by atoms with Gasteiger partial charge in [0.05, 0.1) is 19.2 Å². The van der Waals surface area contributed by atoms with Gasteiger partial charge in [-0.2, -0.15) is 11.3 Å². The Labute approximate surface area is 145 Å². The van der Waals surface area contributed by atoms with Gasteiger partial charge in [0.2, 0.25) is 5.76 Å². The predicted octanol–water partition coefficient (Wildman–Crippen LogP) is 3.54. The van der Waals surface area contributed by atoms with E-state index in [9.17, 15) is 9.59 Å². The third-order valence-electron chi connectivity index (χ3n) is 3.07. The van der Waals surface area contributed by atoms with Crippen molar-refractivity contribution in [3.05, 3.63) is 51.6 Å². The van der Waals surface area contributed by atoms with Gasteiger partial charge >= 0.3 is 11.9 Å². The lowest BCUT2D eigenvalue weighted by atomic mass is 10.3. The van der Waals surface area contributed by atoms with Crippen LogP contribution in [-0.2, 0) is 27.3 Å². The zero-order chi connectivity index (χ0) is 16.9. The maximum absolute atomic E-state index is 11.9. The summed E-state index contributed by atoms with van der Waals surface area (Å²) in [5, 5.41) is 6.72. The molecule has 8 heteroatoms. The van der Waals surface area contributed by atoms with Gasteiger partial charge < -0.3 is 13.9 Å². The van der Waals surface area contributed by atoms with E-state index in [0.29, 0.717) is 11.5 Å². The van der Waals surface area contributed by atoms with Gasteiger partial charge in [-0.05, 0) is 23.6 Å². The first-order valence-electron chi connectivity index (χ1n) is 6.95. The van der Waals surface area contributed by atoms with Crippen molar-refractivity contribution >= 4 is 34.6 Å². The lowest BCUT2D eigenvalue weighted by molar-refractivity contribution is -0.144. The maximum atomic E-state index is 11.9. The van der Waals surface area contributed by atoms with Crippen LogP contribution in [0.2, 0.25) is 0 Å². The zero-order valence-corrected chi connectivity index (χ0v) is 14.3. The number of thiophene rings is 1. The van der Waals surface area contributed by atoms with E-state index in [0.717, 1.165) is 10.6 Å². The van der Waals surface area contributed by atoms with E-state index in [1.165, 1.54) is 24.5 Å². The first-order valence-corrected chi connectivity index (χ1v) is 8.77. The number of rotatable bonds is 6. The molecule has 0 aliphatic carbocycles. The molecule has 3 aromatic heterocycles. The molecule has 0 aliphatic heterocycles. The summed E-state index contributed by atoms with van der Waals surface area (Å²) in [5.41, 5.74) is 1.72. The first kappa shape index (κ1) is 16.4. The van der Waals surface area contributed by atoms with Crippen LogP contribution in [-0.4, -0.2) is 24.0 Å². The Hall–Kier alpha value is -2.45. The largest absolute Gasteiger partial charge is 0.463 e. The lowest BCUT2D eigenvalue weighted by Gasteiger charge is -2.01. The average molecular weight is 363 g/mol. The van der Waals surface area contributed by atoms with E-state index >= 15 is 0 Å². The van der Waals surface area contributed by atoms with Crippen LogP contribution in [0.1, 0.15) is 22.0 Å². The van der Waals surface area contributed by atoms with Crippen LogP contribution in [0, 0.1) is 0 Å². The van der Waals surface area contributed by atoms with Crippen molar-refractivity contribution < 1.29 is 23.5 Å². The number of esters is 2. The minimum absolute atomic E-state index is 0.0443. The Morgan fingerprint density at radius 1 is 1.25 bits per heavy atom. The number of carbonyl (C=O) groups is 2. The molecule has 0 fully saturated rings. The highest BCUT2D eigenvalue weighted by molar-refractivity contribution is 7.14. The van der Waals surface area contributed by atoms with Crippen LogP contribution in [0.25, 0.3) is 10.6 Å². The Balaban J connectivity index is 1.52. The highest BCUT2D eigenvalue weighted by Gasteiger charge is 2.14. The number of thiazole rings is 1. The van der Waals surface area contributed by atoms with Crippen LogP contribution in [0.4, 0.5) is 0 Å². The van der Waals surface area contributed by atoms with E-state index in [1.54, 1.807) is 17.4 Å². The van der Waals surface area contributed by atoms with Crippen molar-refractivity contribution in [1.82, 2.24) is 4.98 Å². The SMILES string of the molecule is COC(=O)c1ccc(COC(=O)Cc2csc(-c3ccsc3)n2)o1. The van der Waals surface area contributed by atoms with Crippen molar-refractivity contribution in [2.24, 2.45) is 0 Å². The number of carbonyl (C=O) groups excluding carboxylic acids is 2. The quantitative estimate of drug-likeness (QED) is 0.623. The summed E-state index contributed by atoms with van der Waals surface area (Å²) in [6, 6.07) is 5.03. The number of aromatic nitrogens is 1. The van der Waals surface area contributed by atoms with Crippen LogP contribution in [0.3, 0.4) is 0 Å². The fourth-order valence-corrected chi connectivity index (χ4v) is 3.46. The second kappa shape index (κ2) is 7.41. The number of nitrogens with zero attached hydrogens (tertiary/aromatic N) is 1. The molecule has 24 heavy (non-hydrogen) atoms. The monoisotopic (exact) mass is 363 g/mol. The molecule has 0 spiro atoms. The Morgan fingerprint density at radius 3 is 2.88 bits per heavy atom. The number of hydrogen-bond donors (Lipinski definition) is 0. The smallest absolute Gasteiger partial charge is 0.373 e. The molecular formula is C16H13NO5S2. The van der Waals surface area contributed by atoms with Crippen molar-refractivity contribution in [3.8, 4) is 10.6 Å². The summed E-state index contributed by atoms with van der Waals surface area (Å²) in [5.74, 6) is -0.534. The molecule has 6 nitrogen and oxygen atoms in total. The molecule has 0 amide bonds. The van der Waals surface area contributed by atoms with Crippen molar-refractivity contribution in [2.75, 3.05) is 7.11 Å². The lowest BCUT2D eigenvalue weighted by Crippen LogP contribution is -2.08. The van der Waals surface area contributed by atoms with Crippen LogP contribution in [0.15, 0.2) is 38.8 Å². The number of hydrogen-bond acceptors (Lipinski definition) is 8. The van der Waals surface area contributed by atoms with Gasteiger partial charge in [0.15, 0.2) is 0 Å². The highest BCUT2D eigenvalue weighted by atomic mass is 32.1. The molecule has 3 aromatic rings. The van der Waals surface area contributed by atoms with Gasteiger partial charge in [-0.25, -0.2) is 9.78 Å². The van der Waals surface area contributed by atoms with E-state index in [1.807, 2.05) is 22.2 Å². The molecule has 0 atom stereocenters. The molecule has 0 aromatic carbocycles. The van der Waals surface area contributed by atoms with Crippen molar-refractivity contribution in [2.45, 2.75) is 13.0 Å². The minimum atomic E-state index is -0.573. The summed E-state index contributed by atoms with van der Waals surface area (Å²) >= 11 is 3.09. The number of methoxy groups -OCH3 is 1. The minimum Gasteiger partial charge on any atom is -0.463 e. The first-order chi connectivity index (χ1) is 11.7. The average Bonchev–Trinajstić information content (AvgIpc) is 3.32. The van der Waals surface area contributed by atoms with Crippen molar-refractivity contribution in [3.63, 3.8) is 0 Å². The fourth-order valence-electron chi connectivity index (χ4n) is 1.92. The molecule has 0 bridgehead atoms. The molecule has 3 rings (SSSR count). The molecule has 0 saturated carbocycles. The second-order valence-corrected chi connectivity index (χ2v) is 6.39. The molecule has 0 aliphatic rings. The van der Waals surface area contributed by atoms with Crippen LogP contribution in [0.5, 0.6) is 0 Å². The summed E-state index contributed by atoms with van der Waals surface area (Å²) in [7, 11) is 1.27. The van der Waals surface area contributed by atoms with E-state index in [-0.39, 0.29) is 18.8 Å². The highest BCUT2D eigenvalue weighted by Crippen LogP contribution is 2.25. The van der Waals surface area contributed by atoms with Gasteiger partial charge in [0.25, 0.3) is 0 Å². The Bertz CT molecular complexity index is 834. The second-order valence-electron chi connectivity index (χ2n) is 4.75. The van der Waals surface area contributed by atoms with E-state index in [4.69, 9.17) is 9.15 Å². The van der Waals surface area contributed by atoms with Gasteiger partial charge in [-0.1, -0.05) is 0 Å². The molecular weight excluding hydrogens is 350 g/mol. The maximum Gasteiger partial charge on any atom is 0.373 e. The normalized spacial score (nSPS) is 10.5. The third-order valence-corrected chi connectivity index (χ3v) is 4.69. The van der Waals surface area contributed by atoms with Crippen LogP contribution >= 0.6 is 22.7 Å². The Kier molecular flexibility index (Phi) is 5.07. The molecule has 0 unspecified atom stereocenters. The third kappa shape index (κ3) is 3.90. The molecule has 3 heterocycles. The van der Waals surface area contributed by atoms with Gasteiger partial charge in [-0.15, -0.1) is 11.3 Å². The number of furan rings is 1. The summed E-state index contributed by atoms with van der Waals surface area (Å²) in [4.78, 5) is 27.6. The summed E-state index contributed by atoms with van der Waals surface area (Å²) < 4.78 is 14.9.